The van der Waals surface area contributed by atoms with Gasteiger partial charge in [0, 0.05) is 12.2 Å². The summed E-state index contributed by atoms with van der Waals surface area (Å²) >= 11 is 0. The van der Waals surface area contributed by atoms with Crippen molar-refractivity contribution < 1.29 is 4.79 Å². The van der Waals surface area contributed by atoms with Gasteiger partial charge in [0.2, 0.25) is 0 Å². The summed E-state index contributed by atoms with van der Waals surface area (Å²) < 4.78 is 0. The molecule has 0 unspecified atom stereocenters. The van der Waals surface area contributed by atoms with Gasteiger partial charge < -0.3 is 16.0 Å². The molecule has 0 aromatic heterocycles. The van der Waals surface area contributed by atoms with Crippen LogP contribution >= 0.6 is 24.8 Å². The topological polar surface area (TPSA) is 58.4 Å². The molecule has 1 aliphatic heterocycles. The van der Waals surface area contributed by atoms with Gasteiger partial charge in [-0.1, -0.05) is 25.0 Å². The molecule has 23 heavy (non-hydrogen) atoms. The first-order valence-corrected chi connectivity index (χ1v) is 8.12. The normalized spacial score (nSPS) is 14.4. The first kappa shape index (κ1) is 22.0. The third-order valence-corrected chi connectivity index (χ3v) is 4.09. The molecular formula is C17H29Cl2N3O. The van der Waals surface area contributed by atoms with Crippen LogP contribution in [0.4, 0.5) is 5.69 Å². The van der Waals surface area contributed by atoms with Gasteiger partial charge in [0.15, 0.2) is 0 Å². The van der Waals surface area contributed by atoms with Crippen molar-refractivity contribution in [2.75, 3.05) is 31.9 Å². The number of nitrogens with one attached hydrogen (secondary N) is 1. The van der Waals surface area contributed by atoms with Gasteiger partial charge in [-0.3, -0.25) is 4.79 Å². The summed E-state index contributed by atoms with van der Waals surface area (Å²) in [4.78, 5) is 14.5. The second-order valence-electron chi connectivity index (χ2n) is 5.81. The minimum Gasteiger partial charge on any atom is -0.398 e. The predicted octanol–water partition coefficient (Wildman–Crippen LogP) is 3.50. The van der Waals surface area contributed by atoms with Crippen LogP contribution in [0.3, 0.4) is 0 Å². The summed E-state index contributed by atoms with van der Waals surface area (Å²) in [5, 5.41) is 2.95. The zero-order valence-electron chi connectivity index (χ0n) is 13.6. The fraction of sp³-hybridized carbons (Fsp3) is 0.588. The molecule has 1 aromatic carbocycles. The minimum atomic E-state index is -0.0656. The maximum atomic E-state index is 11.9. The highest BCUT2D eigenvalue weighted by Crippen LogP contribution is 2.11. The number of rotatable bonds is 7. The Kier molecular flexibility index (Phi) is 11.9. The van der Waals surface area contributed by atoms with E-state index >= 15 is 0 Å². The van der Waals surface area contributed by atoms with Crippen LogP contribution in [0.1, 0.15) is 48.9 Å². The summed E-state index contributed by atoms with van der Waals surface area (Å²) in [6.07, 6.45) is 7.53. The Morgan fingerprint density at radius 3 is 2.43 bits per heavy atom. The van der Waals surface area contributed by atoms with E-state index in [1.165, 1.54) is 51.7 Å². The number of unbranched alkanes of at least 4 members (excludes halogenated alkanes) is 2. The lowest BCUT2D eigenvalue weighted by Crippen LogP contribution is -2.30. The fourth-order valence-electron chi connectivity index (χ4n) is 2.82. The Hall–Kier alpha value is -0.970. The van der Waals surface area contributed by atoms with Gasteiger partial charge >= 0.3 is 0 Å². The molecule has 0 aliphatic carbocycles. The van der Waals surface area contributed by atoms with Crippen LogP contribution in [0, 0.1) is 0 Å². The van der Waals surface area contributed by atoms with Crippen molar-refractivity contribution >= 4 is 36.4 Å². The molecule has 1 saturated heterocycles. The van der Waals surface area contributed by atoms with E-state index in [2.05, 4.69) is 10.2 Å². The number of benzene rings is 1. The molecule has 1 aliphatic rings. The zero-order valence-corrected chi connectivity index (χ0v) is 15.3. The monoisotopic (exact) mass is 361 g/mol. The summed E-state index contributed by atoms with van der Waals surface area (Å²) in [5.74, 6) is -0.0656. The summed E-state index contributed by atoms with van der Waals surface area (Å²) in [7, 11) is 0. The van der Waals surface area contributed by atoms with Gasteiger partial charge in [-0.2, -0.15) is 0 Å². The maximum Gasteiger partial charge on any atom is 0.253 e. The Balaban J connectivity index is 0.00000242. The number of carbonyl (C=O) groups excluding carboxylic acids is 1. The Morgan fingerprint density at radius 2 is 1.74 bits per heavy atom. The van der Waals surface area contributed by atoms with Crippen LogP contribution in [0.2, 0.25) is 0 Å². The Morgan fingerprint density at radius 1 is 1.04 bits per heavy atom. The number of amides is 1. The molecule has 1 amide bonds. The maximum absolute atomic E-state index is 11.9. The van der Waals surface area contributed by atoms with Crippen molar-refractivity contribution in [3.63, 3.8) is 0 Å². The zero-order chi connectivity index (χ0) is 14.9. The van der Waals surface area contributed by atoms with Gasteiger partial charge in [-0.25, -0.2) is 0 Å². The number of carbonyl (C=O) groups is 1. The summed E-state index contributed by atoms with van der Waals surface area (Å²) in [5.41, 5.74) is 6.91. The quantitative estimate of drug-likeness (QED) is 0.577. The molecule has 0 saturated carbocycles. The lowest BCUT2D eigenvalue weighted by molar-refractivity contribution is 0.0953. The number of likely N-dealkylation sites (tertiary alicyclic amines) is 1. The van der Waals surface area contributed by atoms with Crippen molar-refractivity contribution in [1.29, 1.82) is 0 Å². The minimum absolute atomic E-state index is 0. The van der Waals surface area contributed by atoms with E-state index in [-0.39, 0.29) is 30.7 Å². The van der Waals surface area contributed by atoms with Crippen LogP contribution in [0.5, 0.6) is 0 Å². The molecule has 0 radical (unpaired) electrons. The molecule has 1 heterocycles. The number of hydrogen-bond donors (Lipinski definition) is 2. The van der Waals surface area contributed by atoms with Gasteiger partial charge in [-0.05, 0) is 57.5 Å². The third-order valence-electron chi connectivity index (χ3n) is 4.09. The molecule has 2 rings (SSSR count). The molecule has 0 bridgehead atoms. The van der Waals surface area contributed by atoms with Crippen molar-refractivity contribution in [1.82, 2.24) is 10.2 Å². The van der Waals surface area contributed by atoms with Crippen LogP contribution in [0.25, 0.3) is 0 Å². The first-order valence-electron chi connectivity index (χ1n) is 8.12. The van der Waals surface area contributed by atoms with Crippen molar-refractivity contribution in [3.8, 4) is 0 Å². The summed E-state index contributed by atoms with van der Waals surface area (Å²) in [6.45, 7) is 4.47. The van der Waals surface area contributed by atoms with Crippen LogP contribution in [-0.2, 0) is 0 Å². The molecule has 6 heteroatoms. The number of nitrogen functional groups attached to an aromatic ring is 1. The highest BCUT2D eigenvalue weighted by molar-refractivity contribution is 5.98. The molecule has 132 valence electrons. The smallest absolute Gasteiger partial charge is 0.253 e. The molecule has 0 spiro atoms. The highest BCUT2D eigenvalue weighted by atomic mass is 35.5. The van der Waals surface area contributed by atoms with Gasteiger partial charge in [-0.15, -0.1) is 24.8 Å². The van der Waals surface area contributed by atoms with Crippen LogP contribution in [-0.4, -0.2) is 37.0 Å². The Labute approximate surface area is 152 Å². The number of hydrogen-bond acceptors (Lipinski definition) is 3. The van der Waals surface area contributed by atoms with E-state index < -0.39 is 0 Å². The van der Waals surface area contributed by atoms with E-state index in [1.54, 1.807) is 12.1 Å². The number of nitrogens with two attached hydrogens (primary N) is 1. The van der Waals surface area contributed by atoms with E-state index in [4.69, 9.17) is 5.73 Å². The molecule has 1 fully saturated rings. The second kappa shape index (κ2) is 12.5. The number of piperidine rings is 1. The number of para-hydroxylation sites is 1. The third kappa shape index (κ3) is 7.91. The van der Waals surface area contributed by atoms with E-state index in [9.17, 15) is 4.79 Å². The average molecular weight is 362 g/mol. The van der Waals surface area contributed by atoms with E-state index in [0.717, 1.165) is 13.0 Å². The molecule has 1 aromatic rings. The predicted molar refractivity (Wildman–Crippen MR) is 102 cm³/mol. The standard InChI is InChI=1S/C17H27N3O.2ClH/c18-16-10-4-3-9-15(16)17(21)19-11-5-1-6-12-20-13-7-2-8-14-20;;/h3-4,9-10H,1-2,5-8,11-14,18H2,(H,19,21);2*1H. The van der Waals surface area contributed by atoms with Crippen molar-refractivity contribution in [3.05, 3.63) is 29.8 Å². The first-order chi connectivity index (χ1) is 10.3. The van der Waals surface area contributed by atoms with E-state index in [0.29, 0.717) is 11.3 Å². The highest BCUT2D eigenvalue weighted by Gasteiger charge is 2.09. The number of anilines is 1. The van der Waals surface area contributed by atoms with Gasteiger partial charge in [0.25, 0.3) is 5.91 Å². The lowest BCUT2D eigenvalue weighted by Gasteiger charge is -2.26. The molecule has 0 atom stereocenters. The van der Waals surface area contributed by atoms with Crippen molar-refractivity contribution in [2.24, 2.45) is 0 Å². The summed E-state index contributed by atoms with van der Waals surface area (Å²) in [6, 6.07) is 7.20. The van der Waals surface area contributed by atoms with Crippen LogP contribution < -0.4 is 11.1 Å². The van der Waals surface area contributed by atoms with Crippen LogP contribution in [0.15, 0.2) is 24.3 Å². The molecule has 4 nitrogen and oxygen atoms in total. The lowest BCUT2D eigenvalue weighted by atomic mass is 10.1. The molecule has 3 N–H and O–H groups in total. The second-order valence-corrected chi connectivity index (χ2v) is 5.81. The Bertz CT molecular complexity index is 451. The van der Waals surface area contributed by atoms with E-state index in [1.807, 2.05) is 12.1 Å². The number of nitrogens with zero attached hydrogens (tertiary/aromatic N) is 1. The van der Waals surface area contributed by atoms with Gasteiger partial charge in [0.1, 0.15) is 0 Å². The molecular weight excluding hydrogens is 333 g/mol. The van der Waals surface area contributed by atoms with Crippen molar-refractivity contribution in [2.45, 2.75) is 38.5 Å². The largest absolute Gasteiger partial charge is 0.398 e. The number of halogens is 2. The average Bonchev–Trinajstić information content (AvgIpc) is 2.52. The SMILES string of the molecule is Cl.Cl.Nc1ccccc1C(=O)NCCCCCN1CCCCC1. The van der Waals surface area contributed by atoms with Gasteiger partial charge in [0.05, 0.1) is 5.56 Å². The fourth-order valence-corrected chi connectivity index (χ4v) is 2.82.